The van der Waals surface area contributed by atoms with Gasteiger partial charge in [0.1, 0.15) is 0 Å². The number of aliphatic carboxylic acids is 1. The molecule has 1 unspecified atom stereocenters. The molecule has 0 aromatic heterocycles. The largest absolute Gasteiger partial charge is 0.480 e. The second kappa shape index (κ2) is 9.39. The fourth-order valence-electron chi connectivity index (χ4n) is 2.99. The lowest BCUT2D eigenvalue weighted by atomic mass is 9.89. The lowest BCUT2D eigenvalue weighted by molar-refractivity contribution is -0.143. The van der Waals surface area contributed by atoms with Crippen molar-refractivity contribution in [2.45, 2.75) is 44.8 Å². The molecule has 150 valence electrons. The minimum Gasteiger partial charge on any atom is -0.480 e. The van der Waals surface area contributed by atoms with E-state index < -0.39 is 30.4 Å². The fourth-order valence-corrected chi connectivity index (χ4v) is 2.99. The summed E-state index contributed by atoms with van der Waals surface area (Å²) in [6.07, 6.45) is -5.36. The van der Waals surface area contributed by atoms with Gasteiger partial charge in [0.05, 0.1) is 0 Å². The molecule has 0 radical (unpaired) electrons. The highest BCUT2D eigenvalue weighted by atomic mass is 19.4. The van der Waals surface area contributed by atoms with Crippen LogP contribution in [0, 0.1) is 6.92 Å². The second-order valence-corrected chi connectivity index (χ2v) is 6.65. The number of amides is 1. The van der Waals surface area contributed by atoms with Crippen molar-refractivity contribution >= 4 is 11.9 Å². The number of aryl methyl sites for hydroxylation is 2. The van der Waals surface area contributed by atoms with E-state index >= 15 is 0 Å². The van der Waals surface area contributed by atoms with Crippen LogP contribution in [0.25, 0.3) is 0 Å². The molecule has 0 heterocycles. The molecule has 1 amide bonds. The van der Waals surface area contributed by atoms with Gasteiger partial charge in [-0.1, -0.05) is 54.1 Å². The van der Waals surface area contributed by atoms with E-state index in [1.165, 1.54) is 6.07 Å². The van der Waals surface area contributed by atoms with E-state index in [-0.39, 0.29) is 24.9 Å². The number of carbonyl (C=O) groups excluding carboxylic acids is 1. The summed E-state index contributed by atoms with van der Waals surface area (Å²) in [7, 11) is 0. The van der Waals surface area contributed by atoms with Crippen molar-refractivity contribution in [2.24, 2.45) is 0 Å². The molecule has 0 bridgehead atoms. The third kappa shape index (κ3) is 6.40. The Morgan fingerprint density at radius 3 is 2.39 bits per heavy atom. The van der Waals surface area contributed by atoms with E-state index in [0.717, 1.165) is 11.1 Å². The van der Waals surface area contributed by atoms with Crippen molar-refractivity contribution in [1.29, 1.82) is 0 Å². The summed E-state index contributed by atoms with van der Waals surface area (Å²) in [6.45, 7) is 1.93. The number of hydrogen-bond acceptors (Lipinski definition) is 2. The van der Waals surface area contributed by atoms with E-state index in [4.69, 9.17) is 0 Å². The molecule has 0 saturated heterocycles. The van der Waals surface area contributed by atoms with Gasteiger partial charge in [-0.25, -0.2) is 0 Å². The first kappa shape index (κ1) is 21.5. The maximum Gasteiger partial charge on any atom is 0.389 e. The van der Waals surface area contributed by atoms with Gasteiger partial charge in [0.15, 0.2) is 5.92 Å². The minimum atomic E-state index is -4.27. The standard InChI is InChI=1S/C21H22F3NO3/c1-14-9-10-17(16(12-14)8-5-11-21(22,23)24)18(20(27)28)19(26)25-13-15-6-3-2-4-7-15/h2-4,6-7,9-10,12,18H,5,8,11,13H2,1H3,(H,25,26)(H,27,28). The molecule has 0 aliphatic heterocycles. The lowest BCUT2D eigenvalue weighted by Crippen LogP contribution is -2.34. The Balaban J connectivity index is 2.19. The number of carboxylic acids is 1. The summed E-state index contributed by atoms with van der Waals surface area (Å²) in [5.74, 6) is -3.52. The molecule has 0 aliphatic carbocycles. The molecule has 1 atom stereocenters. The fraction of sp³-hybridized carbons (Fsp3) is 0.333. The normalized spacial score (nSPS) is 12.4. The molecule has 2 rings (SSSR count). The van der Waals surface area contributed by atoms with Crippen LogP contribution in [-0.2, 0) is 22.6 Å². The van der Waals surface area contributed by atoms with Crippen molar-refractivity contribution in [2.75, 3.05) is 0 Å². The van der Waals surface area contributed by atoms with E-state index in [1.807, 2.05) is 6.07 Å². The van der Waals surface area contributed by atoms with Crippen molar-refractivity contribution in [3.05, 3.63) is 70.8 Å². The molecule has 2 aromatic rings. The SMILES string of the molecule is Cc1ccc(C(C(=O)O)C(=O)NCc2ccccc2)c(CCCC(F)(F)F)c1. The Labute approximate surface area is 161 Å². The highest BCUT2D eigenvalue weighted by molar-refractivity contribution is 6.02. The third-order valence-electron chi connectivity index (χ3n) is 4.33. The molecule has 2 N–H and O–H groups in total. The maximum atomic E-state index is 12.6. The molecule has 0 aliphatic rings. The summed E-state index contributed by atoms with van der Waals surface area (Å²) in [6, 6.07) is 13.8. The zero-order valence-corrected chi connectivity index (χ0v) is 15.4. The van der Waals surface area contributed by atoms with Crippen LogP contribution < -0.4 is 5.32 Å². The van der Waals surface area contributed by atoms with Gasteiger partial charge in [0.2, 0.25) is 5.91 Å². The number of hydrogen-bond donors (Lipinski definition) is 2. The number of halogens is 3. The van der Waals surface area contributed by atoms with Gasteiger partial charge in [0, 0.05) is 13.0 Å². The smallest absolute Gasteiger partial charge is 0.389 e. The van der Waals surface area contributed by atoms with Crippen LogP contribution in [0.5, 0.6) is 0 Å². The minimum absolute atomic E-state index is 0.0479. The molecule has 2 aromatic carbocycles. The van der Waals surface area contributed by atoms with Crippen molar-refractivity contribution in [1.82, 2.24) is 5.32 Å². The topological polar surface area (TPSA) is 66.4 Å². The van der Waals surface area contributed by atoms with Gasteiger partial charge in [0.25, 0.3) is 0 Å². The van der Waals surface area contributed by atoms with Gasteiger partial charge >= 0.3 is 12.1 Å². The molecule has 7 heteroatoms. The van der Waals surface area contributed by atoms with Crippen molar-refractivity contribution < 1.29 is 27.9 Å². The van der Waals surface area contributed by atoms with E-state index in [0.29, 0.717) is 5.56 Å². The number of alkyl halides is 3. The van der Waals surface area contributed by atoms with Gasteiger partial charge in [-0.15, -0.1) is 0 Å². The quantitative estimate of drug-likeness (QED) is 0.655. The molecule has 4 nitrogen and oxygen atoms in total. The first-order valence-electron chi connectivity index (χ1n) is 8.88. The summed E-state index contributed by atoms with van der Waals surface area (Å²) in [5, 5.41) is 12.2. The summed E-state index contributed by atoms with van der Waals surface area (Å²) < 4.78 is 37.4. The van der Waals surface area contributed by atoms with Crippen LogP contribution >= 0.6 is 0 Å². The Hall–Kier alpha value is -2.83. The van der Waals surface area contributed by atoms with Crippen molar-refractivity contribution in [3.8, 4) is 0 Å². The summed E-state index contributed by atoms with van der Waals surface area (Å²) in [5.41, 5.74) is 2.28. The van der Waals surface area contributed by atoms with E-state index in [9.17, 15) is 27.9 Å². The Bertz CT molecular complexity index is 819. The zero-order chi connectivity index (χ0) is 20.7. The number of rotatable bonds is 8. The van der Waals surface area contributed by atoms with Crippen LogP contribution in [0.15, 0.2) is 48.5 Å². The average molecular weight is 393 g/mol. The first-order valence-corrected chi connectivity index (χ1v) is 8.88. The third-order valence-corrected chi connectivity index (χ3v) is 4.33. The predicted molar refractivity (Wildman–Crippen MR) is 98.8 cm³/mol. The Morgan fingerprint density at radius 2 is 1.79 bits per heavy atom. The average Bonchev–Trinajstić information content (AvgIpc) is 2.61. The summed E-state index contributed by atoms with van der Waals surface area (Å²) in [4.78, 5) is 24.3. The second-order valence-electron chi connectivity index (χ2n) is 6.65. The zero-order valence-electron chi connectivity index (χ0n) is 15.4. The predicted octanol–water partition coefficient (Wildman–Crippen LogP) is 4.36. The highest BCUT2D eigenvalue weighted by Crippen LogP contribution is 2.27. The van der Waals surface area contributed by atoms with E-state index in [2.05, 4.69) is 5.32 Å². The molecule has 0 spiro atoms. The molecular formula is C21H22F3NO3. The number of nitrogens with one attached hydrogen (secondary N) is 1. The van der Waals surface area contributed by atoms with Crippen LogP contribution in [0.1, 0.15) is 41.0 Å². The molecule has 0 saturated carbocycles. The maximum absolute atomic E-state index is 12.6. The van der Waals surface area contributed by atoms with Crippen LogP contribution in [0.4, 0.5) is 13.2 Å². The highest BCUT2D eigenvalue weighted by Gasteiger charge is 2.31. The van der Waals surface area contributed by atoms with Gasteiger partial charge in [-0.2, -0.15) is 13.2 Å². The summed E-state index contributed by atoms with van der Waals surface area (Å²) >= 11 is 0. The molecule has 28 heavy (non-hydrogen) atoms. The lowest BCUT2D eigenvalue weighted by Gasteiger charge is -2.18. The van der Waals surface area contributed by atoms with Crippen LogP contribution in [0.2, 0.25) is 0 Å². The van der Waals surface area contributed by atoms with Gasteiger partial charge in [-0.3, -0.25) is 9.59 Å². The number of carbonyl (C=O) groups is 2. The van der Waals surface area contributed by atoms with Crippen LogP contribution in [0.3, 0.4) is 0 Å². The monoisotopic (exact) mass is 393 g/mol. The first-order chi connectivity index (χ1) is 13.2. The van der Waals surface area contributed by atoms with Gasteiger partial charge in [-0.05, 0) is 36.5 Å². The number of carboxylic acid groups (broad SMARTS) is 1. The number of benzene rings is 2. The molecular weight excluding hydrogens is 371 g/mol. The Morgan fingerprint density at radius 1 is 1.11 bits per heavy atom. The molecule has 0 fully saturated rings. The van der Waals surface area contributed by atoms with Crippen molar-refractivity contribution in [3.63, 3.8) is 0 Å². The van der Waals surface area contributed by atoms with Gasteiger partial charge < -0.3 is 10.4 Å². The van der Waals surface area contributed by atoms with E-state index in [1.54, 1.807) is 43.3 Å². The van der Waals surface area contributed by atoms with Crippen LogP contribution in [-0.4, -0.2) is 23.2 Å². The Kier molecular flexibility index (Phi) is 7.20.